The molecule has 4 nitrogen and oxygen atoms in total. The zero-order chi connectivity index (χ0) is 19.9. The van der Waals surface area contributed by atoms with Gasteiger partial charge in [0.05, 0.1) is 5.69 Å². The third-order valence-electron chi connectivity index (χ3n) is 3.42. The Morgan fingerprint density at radius 2 is 1.73 bits per heavy atom. The van der Waals surface area contributed by atoms with Crippen LogP contribution in [0, 0.1) is 13.8 Å². The van der Waals surface area contributed by atoms with Gasteiger partial charge in [-0.2, -0.15) is 22.0 Å². The van der Waals surface area contributed by atoms with Gasteiger partial charge in [0, 0.05) is 11.6 Å². The number of aryl methyl sites for hydroxylation is 2. The molecule has 26 heavy (non-hydrogen) atoms. The topological polar surface area (TPSA) is 53.8 Å². The van der Waals surface area contributed by atoms with E-state index in [1.165, 1.54) is 13.0 Å². The van der Waals surface area contributed by atoms with E-state index in [-0.39, 0.29) is 16.1 Å². The first kappa shape index (κ1) is 20.5. The van der Waals surface area contributed by atoms with Crippen molar-refractivity contribution >= 4 is 11.2 Å². The number of rotatable bonds is 5. The molecule has 0 saturated carbocycles. The lowest BCUT2D eigenvalue weighted by atomic mass is 10.1. The number of hydrogen-bond donors (Lipinski definition) is 0. The molecule has 0 aliphatic heterocycles. The Kier molecular flexibility index (Phi) is 5.57. The lowest BCUT2D eigenvalue weighted by Gasteiger charge is -2.22. The Morgan fingerprint density at radius 3 is 2.23 bits per heavy atom. The number of alkyl halides is 7. The number of hydrogen-bond acceptors (Lipinski definition) is 3. The van der Waals surface area contributed by atoms with Crippen LogP contribution in [0.5, 0.6) is 0 Å². The third-order valence-corrected chi connectivity index (χ3v) is 4.97. The summed E-state index contributed by atoms with van der Waals surface area (Å²) in [5.41, 5.74) is 0.766. The van der Waals surface area contributed by atoms with Crippen molar-refractivity contribution in [3.63, 3.8) is 0 Å². The second-order valence-electron chi connectivity index (χ2n) is 5.44. The van der Waals surface area contributed by atoms with Gasteiger partial charge in [-0.1, -0.05) is 0 Å². The van der Waals surface area contributed by atoms with Crippen LogP contribution in [0.1, 0.15) is 23.4 Å². The predicted molar refractivity (Wildman–Crippen MR) is 78.1 cm³/mol. The van der Waals surface area contributed by atoms with Crippen LogP contribution in [-0.2, 0) is 11.2 Å². The Balaban J connectivity index is 2.41. The number of nitrogens with zero attached hydrogens (tertiary/aromatic N) is 3. The zero-order valence-electron chi connectivity index (χ0n) is 13.3. The van der Waals surface area contributed by atoms with E-state index in [9.17, 15) is 35.3 Å². The molecule has 0 amide bonds. The summed E-state index contributed by atoms with van der Waals surface area (Å²) >= 11 is -2.68. The van der Waals surface area contributed by atoms with Gasteiger partial charge in [0.25, 0.3) is 6.43 Å². The van der Waals surface area contributed by atoms with E-state index >= 15 is 0 Å². The standard InChI is InChI=1S/C14H12F7N3OS/c1-7-3-8(2)10(26(25)5-13(17,18)14(19,20)21)4-9(7)24-6-22-12(23-24)11(15)16/h3-4,6,11H,5H2,1-2H3. The Hall–Kier alpha value is -1.82. The Labute approximate surface area is 146 Å². The summed E-state index contributed by atoms with van der Waals surface area (Å²) in [6, 6.07) is 2.47. The lowest BCUT2D eigenvalue weighted by Crippen LogP contribution is -2.42. The summed E-state index contributed by atoms with van der Waals surface area (Å²) in [6.07, 6.45) is -7.83. The van der Waals surface area contributed by atoms with E-state index in [4.69, 9.17) is 0 Å². The fourth-order valence-electron chi connectivity index (χ4n) is 2.13. The van der Waals surface area contributed by atoms with Gasteiger partial charge in [-0.25, -0.2) is 18.4 Å². The Morgan fingerprint density at radius 1 is 1.12 bits per heavy atom. The predicted octanol–water partition coefficient (Wildman–Crippen LogP) is 4.13. The first-order valence-corrected chi connectivity index (χ1v) is 8.29. The highest BCUT2D eigenvalue weighted by Crippen LogP contribution is 2.38. The van der Waals surface area contributed by atoms with Crippen LogP contribution in [-0.4, -0.2) is 37.2 Å². The quantitative estimate of drug-likeness (QED) is 0.557. The average molecular weight is 403 g/mol. The van der Waals surface area contributed by atoms with Crippen LogP contribution < -0.4 is 0 Å². The zero-order valence-corrected chi connectivity index (χ0v) is 14.1. The second-order valence-corrected chi connectivity index (χ2v) is 6.86. The highest BCUT2D eigenvalue weighted by molar-refractivity contribution is 7.91. The molecule has 1 atom stereocenters. The minimum absolute atomic E-state index is 0.0914. The smallest absolute Gasteiger partial charge is 0.458 e. The SMILES string of the molecule is Cc1cc(C)c([S+]([O-])CC(F)(F)C(F)(F)F)cc1-n1cnc(C(F)F)n1. The van der Waals surface area contributed by atoms with E-state index in [1.54, 1.807) is 6.92 Å². The monoisotopic (exact) mass is 403 g/mol. The van der Waals surface area contributed by atoms with Gasteiger partial charge in [0.2, 0.25) is 5.82 Å². The molecule has 12 heteroatoms. The van der Waals surface area contributed by atoms with E-state index in [0.29, 0.717) is 5.56 Å². The Bertz CT molecular complexity index is 791. The van der Waals surface area contributed by atoms with Crippen molar-refractivity contribution in [2.45, 2.75) is 37.3 Å². The molecule has 0 N–H and O–H groups in total. The summed E-state index contributed by atoms with van der Waals surface area (Å²) < 4.78 is 101. The van der Waals surface area contributed by atoms with Crippen molar-refractivity contribution in [2.24, 2.45) is 0 Å². The number of halogens is 7. The van der Waals surface area contributed by atoms with E-state index in [2.05, 4.69) is 10.1 Å². The summed E-state index contributed by atoms with van der Waals surface area (Å²) in [4.78, 5) is 3.10. The summed E-state index contributed by atoms with van der Waals surface area (Å²) in [5.74, 6) is -7.86. The van der Waals surface area contributed by atoms with Gasteiger partial charge < -0.3 is 4.55 Å². The molecule has 2 rings (SSSR count). The molecule has 1 aromatic carbocycles. The highest BCUT2D eigenvalue weighted by Gasteiger charge is 2.60. The molecule has 2 aromatic rings. The first-order valence-electron chi connectivity index (χ1n) is 6.97. The molecular formula is C14H12F7N3OS. The molecule has 0 fully saturated rings. The van der Waals surface area contributed by atoms with Crippen molar-refractivity contribution in [1.82, 2.24) is 14.8 Å². The van der Waals surface area contributed by atoms with Gasteiger partial charge in [-0.15, -0.1) is 5.10 Å². The molecule has 1 unspecified atom stereocenters. The molecule has 0 bridgehead atoms. The summed E-state index contributed by atoms with van der Waals surface area (Å²) in [7, 11) is 0. The fraction of sp³-hybridized carbons (Fsp3) is 0.429. The van der Waals surface area contributed by atoms with E-state index in [0.717, 1.165) is 17.1 Å². The van der Waals surface area contributed by atoms with Gasteiger partial charge in [-0.05, 0) is 36.7 Å². The van der Waals surface area contributed by atoms with Crippen LogP contribution in [0.4, 0.5) is 30.7 Å². The fourth-order valence-corrected chi connectivity index (χ4v) is 3.44. The van der Waals surface area contributed by atoms with Crippen molar-refractivity contribution in [3.05, 3.63) is 35.4 Å². The van der Waals surface area contributed by atoms with Crippen LogP contribution in [0.3, 0.4) is 0 Å². The van der Waals surface area contributed by atoms with Crippen molar-refractivity contribution in [3.8, 4) is 5.69 Å². The molecular weight excluding hydrogens is 391 g/mol. The van der Waals surface area contributed by atoms with Crippen LogP contribution in [0.25, 0.3) is 5.69 Å². The highest BCUT2D eigenvalue weighted by atomic mass is 32.2. The molecule has 1 aromatic heterocycles. The summed E-state index contributed by atoms with van der Waals surface area (Å²) in [6.45, 7) is 2.94. The number of aromatic nitrogens is 3. The molecule has 0 saturated heterocycles. The normalized spacial score (nSPS) is 14.1. The van der Waals surface area contributed by atoms with Crippen LogP contribution in [0.15, 0.2) is 23.4 Å². The molecule has 0 radical (unpaired) electrons. The molecule has 144 valence electrons. The maximum atomic E-state index is 13.2. The first-order chi connectivity index (χ1) is 11.8. The second kappa shape index (κ2) is 7.06. The molecule has 0 spiro atoms. The van der Waals surface area contributed by atoms with Crippen LogP contribution >= 0.6 is 0 Å². The van der Waals surface area contributed by atoms with Crippen LogP contribution in [0.2, 0.25) is 0 Å². The lowest BCUT2D eigenvalue weighted by molar-refractivity contribution is -0.271. The van der Waals surface area contributed by atoms with E-state index in [1.807, 2.05) is 0 Å². The average Bonchev–Trinajstić information content (AvgIpc) is 2.95. The van der Waals surface area contributed by atoms with Gasteiger partial charge in [0.1, 0.15) is 6.33 Å². The van der Waals surface area contributed by atoms with E-state index < -0.39 is 41.3 Å². The van der Waals surface area contributed by atoms with Crippen molar-refractivity contribution < 1.29 is 35.3 Å². The molecule has 1 heterocycles. The maximum absolute atomic E-state index is 13.2. The third kappa shape index (κ3) is 4.11. The van der Waals surface area contributed by atoms with Gasteiger partial charge in [0.15, 0.2) is 10.6 Å². The molecule has 0 aliphatic rings. The molecule has 0 aliphatic carbocycles. The minimum atomic E-state index is -5.83. The van der Waals surface area contributed by atoms with Crippen molar-refractivity contribution in [1.29, 1.82) is 0 Å². The number of benzene rings is 1. The minimum Gasteiger partial charge on any atom is -0.611 e. The largest absolute Gasteiger partial charge is 0.611 e. The van der Waals surface area contributed by atoms with Crippen molar-refractivity contribution in [2.75, 3.05) is 5.75 Å². The maximum Gasteiger partial charge on any atom is 0.458 e. The summed E-state index contributed by atoms with van der Waals surface area (Å²) in [5, 5.41) is 3.51. The van der Waals surface area contributed by atoms with Gasteiger partial charge in [-0.3, -0.25) is 0 Å². The van der Waals surface area contributed by atoms with Gasteiger partial charge >= 0.3 is 12.1 Å².